The van der Waals surface area contributed by atoms with Crippen LogP contribution in [0.15, 0.2) is 30.3 Å². The van der Waals surface area contributed by atoms with Crippen LogP contribution in [0.3, 0.4) is 0 Å². The number of amides is 1. The summed E-state index contributed by atoms with van der Waals surface area (Å²) in [6.07, 6.45) is 0. The van der Waals surface area contributed by atoms with Gasteiger partial charge in [-0.1, -0.05) is 11.6 Å². The molecule has 104 valence electrons. The van der Waals surface area contributed by atoms with Gasteiger partial charge in [-0.15, -0.1) is 0 Å². The number of nitrogens with two attached hydrogens (primary N) is 1. The molecule has 0 saturated carbocycles. The molecular formula is C15H14ClIN2O. The summed E-state index contributed by atoms with van der Waals surface area (Å²) >= 11 is 8.06. The van der Waals surface area contributed by atoms with Crippen molar-refractivity contribution in [2.45, 2.75) is 13.8 Å². The Kier molecular flexibility index (Phi) is 4.55. The summed E-state index contributed by atoms with van der Waals surface area (Å²) in [7, 11) is 0. The Labute approximate surface area is 136 Å². The Morgan fingerprint density at radius 2 is 1.90 bits per heavy atom. The zero-order chi connectivity index (χ0) is 14.9. The molecule has 2 aromatic carbocycles. The number of nitrogens with one attached hydrogen (secondary N) is 1. The van der Waals surface area contributed by atoms with E-state index in [1.54, 1.807) is 12.1 Å². The second-order valence-electron chi connectivity index (χ2n) is 4.60. The molecule has 1 amide bonds. The molecule has 0 aromatic heterocycles. The van der Waals surface area contributed by atoms with Crippen LogP contribution in [0.5, 0.6) is 0 Å². The van der Waals surface area contributed by atoms with E-state index in [1.165, 1.54) is 0 Å². The van der Waals surface area contributed by atoms with E-state index in [0.29, 0.717) is 10.6 Å². The highest BCUT2D eigenvalue weighted by Crippen LogP contribution is 2.24. The van der Waals surface area contributed by atoms with Gasteiger partial charge in [0.15, 0.2) is 0 Å². The number of carbonyl (C=O) groups excluding carboxylic acids is 1. The molecule has 3 nitrogen and oxygen atoms in total. The van der Waals surface area contributed by atoms with Crippen molar-refractivity contribution in [3.05, 3.63) is 55.6 Å². The molecule has 0 spiro atoms. The number of rotatable bonds is 2. The summed E-state index contributed by atoms with van der Waals surface area (Å²) in [4.78, 5) is 12.3. The van der Waals surface area contributed by atoms with Crippen LogP contribution in [0, 0.1) is 17.4 Å². The Hall–Kier alpha value is -1.27. The Morgan fingerprint density at radius 3 is 2.60 bits per heavy atom. The van der Waals surface area contributed by atoms with E-state index in [1.807, 2.05) is 32.0 Å². The molecule has 0 bridgehead atoms. The molecule has 3 N–H and O–H groups in total. The number of benzene rings is 2. The summed E-state index contributed by atoms with van der Waals surface area (Å²) < 4.78 is 0.856. The predicted molar refractivity (Wildman–Crippen MR) is 92.5 cm³/mol. The first-order valence-electron chi connectivity index (χ1n) is 6.01. The van der Waals surface area contributed by atoms with Gasteiger partial charge in [0, 0.05) is 20.0 Å². The van der Waals surface area contributed by atoms with Gasteiger partial charge in [0.2, 0.25) is 0 Å². The molecule has 0 fully saturated rings. The number of halogens is 2. The van der Waals surface area contributed by atoms with E-state index in [0.717, 1.165) is 26.1 Å². The Morgan fingerprint density at radius 1 is 1.20 bits per heavy atom. The first kappa shape index (κ1) is 15.1. The predicted octanol–water partition coefficient (Wildman–Crippen LogP) is 4.40. The van der Waals surface area contributed by atoms with Gasteiger partial charge < -0.3 is 11.1 Å². The monoisotopic (exact) mass is 400 g/mol. The maximum absolute atomic E-state index is 12.3. The third-order valence-electron chi connectivity index (χ3n) is 3.03. The van der Waals surface area contributed by atoms with Crippen molar-refractivity contribution in [2.24, 2.45) is 0 Å². The molecule has 0 saturated heterocycles. The lowest BCUT2D eigenvalue weighted by atomic mass is 10.1. The minimum absolute atomic E-state index is 0.177. The van der Waals surface area contributed by atoms with Gasteiger partial charge in [-0.05, 0) is 77.9 Å². The van der Waals surface area contributed by atoms with E-state index in [-0.39, 0.29) is 5.91 Å². The molecule has 0 atom stereocenters. The van der Waals surface area contributed by atoms with E-state index >= 15 is 0 Å². The molecule has 0 aliphatic carbocycles. The topological polar surface area (TPSA) is 55.1 Å². The Balaban J connectivity index is 2.32. The van der Waals surface area contributed by atoms with Crippen LogP contribution in [-0.2, 0) is 0 Å². The zero-order valence-electron chi connectivity index (χ0n) is 11.1. The van der Waals surface area contributed by atoms with E-state index < -0.39 is 0 Å². The Bertz CT molecular complexity index is 686. The molecule has 2 aromatic rings. The smallest absolute Gasteiger partial charge is 0.256 e. The van der Waals surface area contributed by atoms with E-state index in [2.05, 4.69) is 27.9 Å². The van der Waals surface area contributed by atoms with Gasteiger partial charge in [0.25, 0.3) is 5.91 Å². The van der Waals surface area contributed by atoms with Gasteiger partial charge in [-0.25, -0.2) is 0 Å². The summed E-state index contributed by atoms with van der Waals surface area (Å²) in [5, 5.41) is 3.45. The van der Waals surface area contributed by atoms with Gasteiger partial charge in [-0.2, -0.15) is 0 Å². The summed E-state index contributed by atoms with van der Waals surface area (Å²) in [6, 6.07) is 8.98. The third-order valence-corrected chi connectivity index (χ3v) is 4.21. The fourth-order valence-electron chi connectivity index (χ4n) is 1.83. The van der Waals surface area contributed by atoms with Crippen LogP contribution in [0.25, 0.3) is 0 Å². The second-order valence-corrected chi connectivity index (χ2v) is 6.20. The summed E-state index contributed by atoms with van der Waals surface area (Å²) in [6.45, 7) is 3.82. The van der Waals surface area contributed by atoms with Crippen molar-refractivity contribution in [3.63, 3.8) is 0 Å². The molecule has 0 aliphatic rings. The highest BCUT2D eigenvalue weighted by Gasteiger charge is 2.12. The third kappa shape index (κ3) is 3.24. The number of nitrogen functional groups attached to an aromatic ring is 1. The molecular weight excluding hydrogens is 387 g/mol. The number of aryl methyl sites for hydroxylation is 2. The number of anilines is 2. The summed E-state index contributed by atoms with van der Waals surface area (Å²) in [5.41, 5.74) is 9.75. The van der Waals surface area contributed by atoms with Crippen molar-refractivity contribution in [2.75, 3.05) is 11.1 Å². The lowest BCUT2D eigenvalue weighted by Gasteiger charge is -2.12. The lowest BCUT2D eigenvalue weighted by molar-refractivity contribution is 0.102. The normalized spacial score (nSPS) is 10.4. The molecule has 0 unspecified atom stereocenters. The number of carbonyl (C=O) groups is 1. The van der Waals surface area contributed by atoms with Gasteiger partial charge in [0.1, 0.15) is 0 Å². The SMILES string of the molecule is Cc1cc(NC(=O)c2cc(Cl)ccc2I)c(C)cc1N. The van der Waals surface area contributed by atoms with Crippen molar-refractivity contribution in [1.29, 1.82) is 0 Å². The highest BCUT2D eigenvalue weighted by molar-refractivity contribution is 14.1. The molecule has 2 rings (SSSR count). The molecule has 0 radical (unpaired) electrons. The standard InChI is InChI=1S/C15H14ClIN2O/c1-8-6-14(9(2)5-13(8)18)19-15(20)11-7-10(16)3-4-12(11)17/h3-7H,18H2,1-2H3,(H,19,20). The fraction of sp³-hybridized carbons (Fsp3) is 0.133. The quantitative estimate of drug-likeness (QED) is 0.580. The maximum Gasteiger partial charge on any atom is 0.256 e. The van der Waals surface area contributed by atoms with Crippen molar-refractivity contribution < 1.29 is 4.79 Å². The second kappa shape index (κ2) is 6.01. The van der Waals surface area contributed by atoms with Crippen LogP contribution in [0.2, 0.25) is 5.02 Å². The van der Waals surface area contributed by atoms with Crippen LogP contribution >= 0.6 is 34.2 Å². The highest BCUT2D eigenvalue weighted by atomic mass is 127. The van der Waals surface area contributed by atoms with Crippen LogP contribution in [-0.4, -0.2) is 5.91 Å². The minimum atomic E-state index is -0.177. The van der Waals surface area contributed by atoms with Crippen molar-refractivity contribution >= 4 is 51.5 Å². The van der Waals surface area contributed by atoms with Gasteiger partial charge >= 0.3 is 0 Å². The van der Waals surface area contributed by atoms with Gasteiger partial charge in [0.05, 0.1) is 5.56 Å². The molecule has 0 heterocycles. The van der Waals surface area contributed by atoms with Crippen molar-refractivity contribution in [1.82, 2.24) is 0 Å². The van der Waals surface area contributed by atoms with E-state index in [4.69, 9.17) is 17.3 Å². The van der Waals surface area contributed by atoms with Gasteiger partial charge in [-0.3, -0.25) is 4.79 Å². The average molecular weight is 401 g/mol. The van der Waals surface area contributed by atoms with Crippen LogP contribution in [0.1, 0.15) is 21.5 Å². The van der Waals surface area contributed by atoms with E-state index in [9.17, 15) is 4.79 Å². The van der Waals surface area contributed by atoms with Crippen LogP contribution in [0.4, 0.5) is 11.4 Å². The molecule has 20 heavy (non-hydrogen) atoms. The van der Waals surface area contributed by atoms with Crippen LogP contribution < -0.4 is 11.1 Å². The number of hydrogen-bond acceptors (Lipinski definition) is 2. The number of hydrogen-bond donors (Lipinski definition) is 2. The lowest BCUT2D eigenvalue weighted by Crippen LogP contribution is -2.14. The molecule has 0 aliphatic heterocycles. The zero-order valence-corrected chi connectivity index (χ0v) is 14.0. The molecule has 5 heteroatoms. The minimum Gasteiger partial charge on any atom is -0.399 e. The van der Waals surface area contributed by atoms with Crippen molar-refractivity contribution in [3.8, 4) is 0 Å². The average Bonchev–Trinajstić information content (AvgIpc) is 2.38. The largest absolute Gasteiger partial charge is 0.399 e. The maximum atomic E-state index is 12.3. The summed E-state index contributed by atoms with van der Waals surface area (Å²) in [5.74, 6) is -0.177. The first-order chi connectivity index (χ1) is 9.38. The first-order valence-corrected chi connectivity index (χ1v) is 7.47. The fourth-order valence-corrected chi connectivity index (χ4v) is 2.59.